The second kappa shape index (κ2) is 5.09. The number of rotatable bonds is 1. The molecule has 1 unspecified atom stereocenters. The Morgan fingerprint density at radius 2 is 1.95 bits per heavy atom. The first-order valence-electron chi connectivity index (χ1n) is 6.27. The fourth-order valence-electron chi connectivity index (χ4n) is 2.56. The average Bonchev–Trinajstić information content (AvgIpc) is 2.78. The van der Waals surface area contributed by atoms with Crippen molar-refractivity contribution in [3.63, 3.8) is 0 Å². The topological polar surface area (TPSA) is 30.5 Å². The van der Waals surface area contributed by atoms with Crippen molar-refractivity contribution in [1.29, 1.82) is 0 Å². The maximum absolute atomic E-state index is 13.9. The summed E-state index contributed by atoms with van der Waals surface area (Å²) in [4.78, 5) is 0. The summed E-state index contributed by atoms with van der Waals surface area (Å²) in [6.45, 7) is 1.88. The first-order valence-corrected chi connectivity index (χ1v) is 7.06. The minimum Gasteiger partial charge on any atom is -0.347 e. The lowest BCUT2D eigenvalue weighted by Crippen LogP contribution is -2.42. The molecule has 6 heteroatoms. The zero-order valence-electron chi connectivity index (χ0n) is 10.2. The first-order chi connectivity index (χ1) is 9.10. The zero-order chi connectivity index (χ0) is 13.5. The summed E-state index contributed by atoms with van der Waals surface area (Å²) >= 11 is 2.96. The van der Waals surface area contributed by atoms with E-state index in [2.05, 4.69) is 21.2 Å². The van der Waals surface area contributed by atoms with Crippen LogP contribution in [0.1, 0.15) is 24.5 Å². The summed E-state index contributed by atoms with van der Waals surface area (Å²) in [5, 5.41) is 3.22. The Bertz CT molecular complexity index is 492. The van der Waals surface area contributed by atoms with Crippen LogP contribution in [0, 0.1) is 11.6 Å². The summed E-state index contributed by atoms with van der Waals surface area (Å²) in [7, 11) is 0. The molecule has 19 heavy (non-hydrogen) atoms. The molecule has 2 fully saturated rings. The number of piperidine rings is 1. The number of hydrogen-bond donors (Lipinski definition) is 1. The van der Waals surface area contributed by atoms with Crippen LogP contribution in [-0.2, 0) is 9.47 Å². The van der Waals surface area contributed by atoms with Crippen molar-refractivity contribution in [3.8, 4) is 0 Å². The van der Waals surface area contributed by atoms with Crippen LogP contribution in [-0.4, -0.2) is 25.5 Å². The van der Waals surface area contributed by atoms with Crippen molar-refractivity contribution in [1.82, 2.24) is 5.32 Å². The number of nitrogens with one attached hydrogen (secondary N) is 1. The van der Waals surface area contributed by atoms with Gasteiger partial charge in [-0.1, -0.05) is 0 Å². The van der Waals surface area contributed by atoms with E-state index in [0.717, 1.165) is 32.0 Å². The Morgan fingerprint density at radius 3 is 2.68 bits per heavy atom. The second-order valence-corrected chi connectivity index (χ2v) is 5.72. The fourth-order valence-corrected chi connectivity index (χ4v) is 2.88. The van der Waals surface area contributed by atoms with E-state index in [1.807, 2.05) is 0 Å². The quantitative estimate of drug-likeness (QED) is 0.801. The molecule has 2 heterocycles. The molecule has 2 aliphatic heterocycles. The molecule has 0 radical (unpaired) electrons. The van der Waals surface area contributed by atoms with Crippen LogP contribution < -0.4 is 5.32 Å². The van der Waals surface area contributed by atoms with Gasteiger partial charge in [-0.15, -0.1) is 0 Å². The largest absolute Gasteiger partial charge is 0.347 e. The predicted octanol–water partition coefficient (Wildman–Crippen LogP) is 2.89. The highest BCUT2D eigenvalue weighted by Crippen LogP contribution is 2.40. The van der Waals surface area contributed by atoms with Gasteiger partial charge < -0.3 is 14.8 Å². The van der Waals surface area contributed by atoms with Gasteiger partial charge in [0.25, 0.3) is 0 Å². The Kier molecular flexibility index (Phi) is 3.59. The summed E-state index contributed by atoms with van der Waals surface area (Å²) < 4.78 is 39.1. The van der Waals surface area contributed by atoms with Crippen LogP contribution >= 0.6 is 15.9 Å². The van der Waals surface area contributed by atoms with Gasteiger partial charge in [-0.25, -0.2) is 8.78 Å². The minimum absolute atomic E-state index is 0.115. The van der Waals surface area contributed by atoms with Crippen molar-refractivity contribution >= 4 is 15.9 Å². The van der Waals surface area contributed by atoms with E-state index >= 15 is 0 Å². The lowest BCUT2D eigenvalue weighted by molar-refractivity contribution is -0.184. The number of halogens is 3. The van der Waals surface area contributed by atoms with Gasteiger partial charge in [-0.05, 0) is 28.1 Å². The van der Waals surface area contributed by atoms with Crippen LogP contribution in [0.15, 0.2) is 16.6 Å². The van der Waals surface area contributed by atoms with Crippen LogP contribution in [0.5, 0.6) is 0 Å². The molecule has 1 N–H and O–H groups in total. The number of ether oxygens (including phenoxy) is 2. The lowest BCUT2D eigenvalue weighted by atomic mass is 10.1. The molecule has 104 valence electrons. The van der Waals surface area contributed by atoms with E-state index in [1.54, 1.807) is 0 Å². The summed E-state index contributed by atoms with van der Waals surface area (Å²) in [6, 6.07) is 2.30. The SMILES string of the molecule is Fc1cc(C2COC3(CCNCC3)O2)c(F)cc1Br. The molecular formula is C13H14BrF2NO2. The van der Waals surface area contributed by atoms with Gasteiger partial charge in [0.15, 0.2) is 5.79 Å². The van der Waals surface area contributed by atoms with E-state index in [4.69, 9.17) is 9.47 Å². The van der Waals surface area contributed by atoms with Crippen molar-refractivity contribution in [2.75, 3.05) is 19.7 Å². The molecule has 0 amide bonds. The monoisotopic (exact) mass is 333 g/mol. The smallest absolute Gasteiger partial charge is 0.171 e. The molecule has 0 bridgehead atoms. The number of hydrogen-bond acceptors (Lipinski definition) is 3. The van der Waals surface area contributed by atoms with E-state index in [1.165, 1.54) is 6.07 Å². The maximum Gasteiger partial charge on any atom is 0.171 e. The van der Waals surface area contributed by atoms with Gasteiger partial charge in [0.05, 0.1) is 11.1 Å². The van der Waals surface area contributed by atoms with Gasteiger partial charge in [0, 0.05) is 31.5 Å². The molecular weight excluding hydrogens is 320 g/mol. The van der Waals surface area contributed by atoms with Crippen molar-refractivity contribution in [3.05, 3.63) is 33.8 Å². The molecule has 1 aromatic rings. The van der Waals surface area contributed by atoms with Gasteiger partial charge in [-0.3, -0.25) is 0 Å². The molecule has 0 aliphatic carbocycles. The lowest BCUT2D eigenvalue weighted by Gasteiger charge is -2.32. The second-order valence-electron chi connectivity index (χ2n) is 4.87. The van der Waals surface area contributed by atoms with Crippen LogP contribution in [0.3, 0.4) is 0 Å². The van der Waals surface area contributed by atoms with Crippen LogP contribution in [0.4, 0.5) is 8.78 Å². The highest BCUT2D eigenvalue weighted by Gasteiger charge is 2.43. The third-order valence-corrected chi connectivity index (χ3v) is 4.21. The van der Waals surface area contributed by atoms with Crippen LogP contribution in [0.2, 0.25) is 0 Å². The highest BCUT2D eigenvalue weighted by atomic mass is 79.9. The molecule has 1 spiro atoms. The number of benzene rings is 1. The molecule has 1 aromatic carbocycles. The average molecular weight is 334 g/mol. The fraction of sp³-hybridized carbons (Fsp3) is 0.538. The zero-order valence-corrected chi connectivity index (χ0v) is 11.8. The molecule has 3 rings (SSSR count). The molecule has 0 aromatic heterocycles. The van der Waals surface area contributed by atoms with Crippen molar-refractivity contribution < 1.29 is 18.3 Å². The molecule has 3 nitrogen and oxygen atoms in total. The van der Waals surface area contributed by atoms with Crippen LogP contribution in [0.25, 0.3) is 0 Å². The van der Waals surface area contributed by atoms with Gasteiger partial charge in [0.2, 0.25) is 0 Å². The first kappa shape index (κ1) is 13.4. The Balaban J connectivity index is 1.83. The van der Waals surface area contributed by atoms with Crippen molar-refractivity contribution in [2.45, 2.75) is 24.7 Å². The minimum atomic E-state index is -0.633. The Labute approximate surface area is 118 Å². The third kappa shape index (κ3) is 2.54. The van der Waals surface area contributed by atoms with Gasteiger partial charge in [0.1, 0.15) is 17.7 Å². The maximum atomic E-state index is 13.9. The third-order valence-electron chi connectivity index (χ3n) is 3.61. The van der Waals surface area contributed by atoms with Gasteiger partial charge >= 0.3 is 0 Å². The van der Waals surface area contributed by atoms with E-state index in [9.17, 15) is 8.78 Å². The molecule has 1 atom stereocenters. The normalized spacial score (nSPS) is 25.9. The van der Waals surface area contributed by atoms with Gasteiger partial charge in [-0.2, -0.15) is 0 Å². The Morgan fingerprint density at radius 1 is 1.21 bits per heavy atom. The summed E-state index contributed by atoms with van der Waals surface area (Å²) in [5.74, 6) is -1.61. The summed E-state index contributed by atoms with van der Waals surface area (Å²) in [6.07, 6.45) is 0.912. The molecule has 2 saturated heterocycles. The predicted molar refractivity (Wildman–Crippen MR) is 68.7 cm³/mol. The summed E-state index contributed by atoms with van der Waals surface area (Å²) in [5.41, 5.74) is 0.219. The molecule has 2 aliphatic rings. The Hall–Kier alpha value is -0.560. The standard InChI is InChI=1S/C13H14BrF2NO2/c14-9-6-10(15)8(5-11(9)16)12-7-18-13(19-12)1-3-17-4-2-13/h5-6,12,17H,1-4,7H2. The van der Waals surface area contributed by atoms with Crippen molar-refractivity contribution in [2.24, 2.45) is 0 Å². The van der Waals surface area contributed by atoms with E-state index in [-0.39, 0.29) is 16.6 Å². The van der Waals surface area contributed by atoms with E-state index < -0.39 is 23.5 Å². The van der Waals surface area contributed by atoms with E-state index in [0.29, 0.717) is 0 Å². The molecule has 0 saturated carbocycles. The highest BCUT2D eigenvalue weighted by molar-refractivity contribution is 9.10.